The number of aromatic amines is 1. The minimum atomic E-state index is -0.0990. The van der Waals surface area contributed by atoms with Crippen molar-refractivity contribution in [3.8, 4) is 5.75 Å². The molecule has 0 bridgehead atoms. The zero-order valence-electron chi connectivity index (χ0n) is 14.2. The number of benzene rings is 1. The Bertz CT molecular complexity index is 687. The minimum Gasteiger partial charge on any atom is -0.493 e. The number of aryl methyl sites for hydroxylation is 1. The fraction of sp³-hybridized carbons (Fsp3) is 0.444. The Hall–Kier alpha value is -1.75. The highest BCUT2D eigenvalue weighted by Crippen LogP contribution is 2.24. The molecule has 0 saturated carbocycles. The predicted molar refractivity (Wildman–Crippen MR) is 95.6 cm³/mol. The van der Waals surface area contributed by atoms with Crippen LogP contribution < -0.4 is 10.3 Å². The molecular formula is C18H24N2O2S. The first kappa shape index (κ1) is 17.6. The molecule has 0 amide bonds. The van der Waals surface area contributed by atoms with Gasteiger partial charge in [0.25, 0.3) is 5.56 Å². The molecule has 5 heteroatoms. The van der Waals surface area contributed by atoms with Gasteiger partial charge in [-0.2, -0.15) is 0 Å². The van der Waals surface area contributed by atoms with Crippen molar-refractivity contribution in [1.82, 2.24) is 9.97 Å². The Kier molecular flexibility index (Phi) is 5.88. The topological polar surface area (TPSA) is 55.0 Å². The number of hydrogen-bond acceptors (Lipinski definition) is 4. The standard InChI is InChI=1S/C18H24N2O2S/c1-5-14-12-16(21)20-17(19-14)23-11-10-22-15-8-6-13(7-9-15)18(2,3)4/h6-9,12H,5,10-11H2,1-4H3,(H,19,20,21). The van der Waals surface area contributed by atoms with Gasteiger partial charge in [-0.3, -0.25) is 4.79 Å². The van der Waals surface area contributed by atoms with E-state index in [-0.39, 0.29) is 11.0 Å². The molecule has 0 radical (unpaired) electrons. The van der Waals surface area contributed by atoms with Crippen LogP contribution in [-0.2, 0) is 11.8 Å². The van der Waals surface area contributed by atoms with Crippen LogP contribution in [0.3, 0.4) is 0 Å². The molecule has 0 spiro atoms. The van der Waals surface area contributed by atoms with Crippen LogP contribution >= 0.6 is 11.8 Å². The molecule has 1 aromatic carbocycles. The summed E-state index contributed by atoms with van der Waals surface area (Å²) < 4.78 is 5.74. The summed E-state index contributed by atoms with van der Waals surface area (Å²) >= 11 is 1.50. The van der Waals surface area contributed by atoms with Crippen LogP contribution in [0.2, 0.25) is 0 Å². The first-order chi connectivity index (χ1) is 10.9. The third kappa shape index (κ3) is 5.43. The Morgan fingerprint density at radius 2 is 1.91 bits per heavy atom. The number of aromatic nitrogens is 2. The van der Waals surface area contributed by atoms with Gasteiger partial charge in [0.15, 0.2) is 5.16 Å². The summed E-state index contributed by atoms with van der Waals surface area (Å²) in [4.78, 5) is 18.6. The maximum Gasteiger partial charge on any atom is 0.251 e. The van der Waals surface area contributed by atoms with Crippen LogP contribution in [0, 0.1) is 0 Å². The van der Waals surface area contributed by atoms with E-state index in [4.69, 9.17) is 4.74 Å². The molecule has 0 unspecified atom stereocenters. The van der Waals surface area contributed by atoms with Gasteiger partial charge in [0.2, 0.25) is 0 Å². The van der Waals surface area contributed by atoms with Crippen molar-refractivity contribution in [3.63, 3.8) is 0 Å². The van der Waals surface area contributed by atoms with Crippen molar-refractivity contribution < 1.29 is 4.74 Å². The van der Waals surface area contributed by atoms with E-state index in [0.29, 0.717) is 11.8 Å². The van der Waals surface area contributed by atoms with Crippen molar-refractivity contribution >= 4 is 11.8 Å². The number of rotatable bonds is 6. The minimum absolute atomic E-state index is 0.0990. The van der Waals surface area contributed by atoms with Gasteiger partial charge in [0.1, 0.15) is 5.75 Å². The molecule has 0 saturated heterocycles. The SMILES string of the molecule is CCc1cc(=O)[nH]c(SCCOc2ccc(C(C)(C)C)cc2)n1. The number of hydrogen-bond donors (Lipinski definition) is 1. The molecular weight excluding hydrogens is 308 g/mol. The van der Waals surface area contributed by atoms with Gasteiger partial charge < -0.3 is 9.72 Å². The summed E-state index contributed by atoms with van der Waals surface area (Å²) in [6, 6.07) is 9.75. The number of thioether (sulfide) groups is 1. The molecule has 2 aromatic rings. The largest absolute Gasteiger partial charge is 0.493 e. The maximum atomic E-state index is 11.5. The Balaban J connectivity index is 1.84. The highest BCUT2D eigenvalue weighted by Gasteiger charge is 2.12. The first-order valence-corrected chi connectivity index (χ1v) is 8.83. The molecule has 0 aliphatic carbocycles. The summed E-state index contributed by atoms with van der Waals surface area (Å²) in [7, 11) is 0. The lowest BCUT2D eigenvalue weighted by Crippen LogP contribution is -2.11. The molecule has 0 fully saturated rings. The van der Waals surface area contributed by atoms with Gasteiger partial charge in [-0.05, 0) is 29.5 Å². The Morgan fingerprint density at radius 3 is 2.52 bits per heavy atom. The molecule has 1 N–H and O–H groups in total. The van der Waals surface area contributed by atoms with E-state index < -0.39 is 0 Å². The first-order valence-electron chi connectivity index (χ1n) is 7.85. The van der Waals surface area contributed by atoms with Crippen molar-refractivity contribution in [2.24, 2.45) is 0 Å². The van der Waals surface area contributed by atoms with Crippen molar-refractivity contribution in [2.45, 2.75) is 44.7 Å². The highest BCUT2D eigenvalue weighted by atomic mass is 32.2. The van der Waals surface area contributed by atoms with Gasteiger partial charge in [-0.1, -0.05) is 51.6 Å². The summed E-state index contributed by atoms with van der Waals surface area (Å²) in [6.45, 7) is 9.13. The van der Waals surface area contributed by atoms with Gasteiger partial charge in [0, 0.05) is 17.5 Å². The smallest absolute Gasteiger partial charge is 0.251 e. The summed E-state index contributed by atoms with van der Waals surface area (Å²) in [5.41, 5.74) is 2.15. The van der Waals surface area contributed by atoms with Crippen LogP contribution in [0.4, 0.5) is 0 Å². The van der Waals surface area contributed by atoms with Gasteiger partial charge in [-0.25, -0.2) is 4.98 Å². The van der Waals surface area contributed by atoms with E-state index in [2.05, 4.69) is 42.9 Å². The fourth-order valence-electron chi connectivity index (χ4n) is 2.08. The molecule has 0 aliphatic rings. The van der Waals surface area contributed by atoms with Crippen LogP contribution in [-0.4, -0.2) is 22.3 Å². The number of H-pyrrole nitrogens is 1. The Morgan fingerprint density at radius 1 is 1.22 bits per heavy atom. The van der Waals surface area contributed by atoms with Crippen molar-refractivity contribution in [3.05, 3.63) is 51.9 Å². The highest BCUT2D eigenvalue weighted by molar-refractivity contribution is 7.99. The predicted octanol–water partition coefficient (Wildman–Crippen LogP) is 3.80. The molecule has 1 aromatic heterocycles. The van der Waals surface area contributed by atoms with Gasteiger partial charge in [-0.15, -0.1) is 0 Å². The number of nitrogens with one attached hydrogen (secondary N) is 1. The lowest BCUT2D eigenvalue weighted by Gasteiger charge is -2.19. The third-order valence-corrected chi connectivity index (χ3v) is 4.28. The molecule has 0 atom stereocenters. The fourth-order valence-corrected chi connectivity index (χ4v) is 2.80. The normalized spacial score (nSPS) is 11.5. The summed E-state index contributed by atoms with van der Waals surface area (Å²) in [5, 5.41) is 0.654. The monoisotopic (exact) mass is 332 g/mol. The molecule has 0 aliphatic heterocycles. The van der Waals surface area contributed by atoms with Gasteiger partial charge >= 0.3 is 0 Å². The summed E-state index contributed by atoms with van der Waals surface area (Å²) in [5.74, 6) is 1.60. The zero-order chi connectivity index (χ0) is 16.9. The van der Waals surface area contributed by atoms with E-state index in [0.717, 1.165) is 23.6 Å². The van der Waals surface area contributed by atoms with E-state index >= 15 is 0 Å². The lowest BCUT2D eigenvalue weighted by molar-refractivity contribution is 0.343. The van der Waals surface area contributed by atoms with Crippen LogP contribution in [0.15, 0.2) is 40.3 Å². The van der Waals surface area contributed by atoms with E-state index in [1.165, 1.54) is 23.4 Å². The zero-order valence-corrected chi connectivity index (χ0v) is 15.0. The molecule has 2 rings (SSSR count). The third-order valence-electron chi connectivity index (χ3n) is 3.45. The van der Waals surface area contributed by atoms with E-state index in [1.54, 1.807) is 0 Å². The lowest BCUT2D eigenvalue weighted by atomic mass is 9.87. The Labute approximate surface area is 141 Å². The quantitative estimate of drug-likeness (QED) is 0.497. The van der Waals surface area contributed by atoms with Crippen molar-refractivity contribution in [2.75, 3.05) is 12.4 Å². The second-order valence-electron chi connectivity index (χ2n) is 6.37. The second-order valence-corrected chi connectivity index (χ2v) is 7.45. The van der Waals surface area contributed by atoms with Crippen LogP contribution in [0.25, 0.3) is 0 Å². The van der Waals surface area contributed by atoms with Crippen molar-refractivity contribution in [1.29, 1.82) is 0 Å². The maximum absolute atomic E-state index is 11.5. The second kappa shape index (κ2) is 7.68. The molecule has 4 nitrogen and oxygen atoms in total. The average molecular weight is 332 g/mol. The number of ether oxygens (including phenoxy) is 1. The summed E-state index contributed by atoms with van der Waals surface area (Å²) in [6.07, 6.45) is 0.758. The van der Waals surface area contributed by atoms with E-state index in [9.17, 15) is 4.79 Å². The molecule has 23 heavy (non-hydrogen) atoms. The average Bonchev–Trinajstić information content (AvgIpc) is 2.50. The molecule has 1 heterocycles. The van der Waals surface area contributed by atoms with Crippen LogP contribution in [0.5, 0.6) is 5.75 Å². The number of nitrogens with zero attached hydrogens (tertiary/aromatic N) is 1. The van der Waals surface area contributed by atoms with Crippen LogP contribution in [0.1, 0.15) is 39.0 Å². The van der Waals surface area contributed by atoms with Gasteiger partial charge in [0.05, 0.1) is 6.61 Å². The van der Waals surface area contributed by atoms with E-state index in [1.807, 2.05) is 19.1 Å². The molecule has 124 valence electrons.